The van der Waals surface area contributed by atoms with Crippen LogP contribution in [0.5, 0.6) is 0 Å². The zero-order valence-corrected chi connectivity index (χ0v) is 17.6. The van der Waals surface area contributed by atoms with Gasteiger partial charge in [-0.05, 0) is 0 Å². The molecule has 4 aromatic rings. The maximum absolute atomic E-state index is 11.8. The van der Waals surface area contributed by atoms with Crippen LogP contribution in [0.25, 0.3) is 0 Å². The van der Waals surface area contributed by atoms with Gasteiger partial charge in [0.15, 0.2) is 5.78 Å². The summed E-state index contributed by atoms with van der Waals surface area (Å²) < 4.78 is 0. The number of hydrazone groups is 1. The van der Waals surface area contributed by atoms with Crippen LogP contribution in [0, 0.1) is 0 Å². The van der Waals surface area contributed by atoms with Gasteiger partial charge in [-0.3, -0.25) is 16.5 Å². The highest BCUT2D eigenvalue weighted by Gasteiger charge is 2.06. The van der Waals surface area contributed by atoms with Crippen molar-refractivity contribution in [3.8, 4) is 0 Å². The smallest absolute Gasteiger partial charge is 0.193 e. The average Bonchev–Trinajstić information content (AvgIpc) is 2.88. The van der Waals surface area contributed by atoms with Crippen LogP contribution in [0.3, 0.4) is 0 Å². The SMILES string of the molecule is O.O=C(c1ccccc1)c1ccccc1.[15NH2][15NH2].[15NH2][15N]=C(c1ccccc1)c1ccccc1. The molecule has 0 spiro atoms. The number of benzene rings is 4. The monoisotopic (exact) mass is 432 g/mol. The Hall–Kier alpha value is -4.10. The van der Waals surface area contributed by atoms with E-state index in [4.69, 9.17) is 5.84 Å². The third kappa shape index (κ3) is 7.62. The van der Waals surface area contributed by atoms with E-state index in [-0.39, 0.29) is 11.3 Å². The number of hydrogen-bond donors (Lipinski definition) is 3. The largest absolute Gasteiger partial charge is 0.412 e. The van der Waals surface area contributed by atoms with Crippen molar-refractivity contribution in [2.45, 2.75) is 0 Å². The number of hydrazine groups is 1. The summed E-state index contributed by atoms with van der Waals surface area (Å²) >= 11 is 0. The molecule has 4 aromatic carbocycles. The lowest BCUT2D eigenvalue weighted by Crippen LogP contribution is -2.05. The van der Waals surface area contributed by atoms with Gasteiger partial charge in [0, 0.05) is 22.3 Å². The topological polar surface area (TPSA) is 139 Å². The molecule has 0 aliphatic carbocycles. The molecule has 0 aromatic heterocycles. The molecule has 6 heteroatoms. The molecule has 4 rings (SSSR count). The first kappa shape index (κ1) is 25.9. The van der Waals surface area contributed by atoms with Crippen molar-refractivity contribution in [3.63, 3.8) is 0 Å². The molecule has 8 N–H and O–H groups in total. The Kier molecular flexibility index (Phi) is 12.0. The van der Waals surface area contributed by atoms with Gasteiger partial charge in [-0.2, -0.15) is 5.10 Å². The molecule has 0 heterocycles. The quantitative estimate of drug-likeness (QED) is 0.150. The van der Waals surface area contributed by atoms with Gasteiger partial charge in [-0.25, -0.2) is 0 Å². The summed E-state index contributed by atoms with van der Waals surface area (Å²) in [5.41, 5.74) is 4.35. The minimum atomic E-state index is 0. The first-order valence-corrected chi connectivity index (χ1v) is 9.66. The van der Waals surface area contributed by atoms with Gasteiger partial charge in [0.25, 0.3) is 0 Å². The van der Waals surface area contributed by atoms with Crippen molar-refractivity contribution in [2.24, 2.45) is 22.6 Å². The van der Waals surface area contributed by atoms with E-state index in [0.29, 0.717) is 0 Å². The number of rotatable bonds is 4. The number of hydrogen-bond acceptors (Lipinski definition) is 5. The fourth-order valence-electron chi connectivity index (χ4n) is 2.85. The molecule has 0 radical (unpaired) electrons. The fraction of sp³-hybridized carbons (Fsp3) is 0. The highest BCUT2D eigenvalue weighted by molar-refractivity contribution is 6.12. The Morgan fingerprint density at radius 1 is 0.500 bits per heavy atom. The van der Waals surface area contributed by atoms with Gasteiger partial charge >= 0.3 is 0 Å². The highest BCUT2D eigenvalue weighted by atomic mass is 16.1. The molecule has 0 bridgehead atoms. The number of nitrogens with zero attached hydrogens (tertiary/aromatic N) is 1. The predicted octanol–water partition coefficient (Wildman–Crippen LogP) is 3.31. The fourth-order valence-corrected chi connectivity index (χ4v) is 2.85. The molecule has 32 heavy (non-hydrogen) atoms. The third-order valence-corrected chi connectivity index (χ3v) is 4.30. The van der Waals surface area contributed by atoms with Gasteiger partial charge in [-0.15, -0.1) is 0 Å². The summed E-state index contributed by atoms with van der Waals surface area (Å²) in [5.74, 6) is 13.5. The molecule has 0 amide bonds. The van der Waals surface area contributed by atoms with Crippen LogP contribution < -0.4 is 17.5 Å². The van der Waals surface area contributed by atoms with Crippen molar-refractivity contribution < 1.29 is 10.3 Å². The summed E-state index contributed by atoms with van der Waals surface area (Å²) in [7, 11) is 0. The second kappa shape index (κ2) is 14.8. The Morgan fingerprint density at radius 3 is 1.00 bits per heavy atom. The molecule has 0 fully saturated rings. The summed E-state index contributed by atoms with van der Waals surface area (Å²) in [6.07, 6.45) is 0. The van der Waals surface area contributed by atoms with Gasteiger partial charge in [-0.1, -0.05) is 121 Å². The summed E-state index contributed by atoms with van der Waals surface area (Å²) in [4.78, 5) is 11.8. The minimum absolute atomic E-state index is 0. The standard InChI is InChI=1S/C13H12N2.C13H10O.H4N2.H2O/c14-15-13(11-7-3-1-4-8-11)12-9-5-2-6-10-12;14-13(11-7-3-1-4-8-11)12-9-5-2-6-10-12;1-2;/h1-10H,14H2;1-10H;1-2H2;1H2/i14+1,15+1;;1+1,2+1;. The van der Waals surface area contributed by atoms with E-state index in [1.165, 1.54) is 0 Å². The second-order valence-corrected chi connectivity index (χ2v) is 6.27. The van der Waals surface area contributed by atoms with Crippen molar-refractivity contribution in [3.05, 3.63) is 144 Å². The van der Waals surface area contributed by atoms with Crippen molar-refractivity contribution in [1.29, 1.82) is 0 Å². The van der Waals surface area contributed by atoms with Crippen LogP contribution in [0.4, 0.5) is 0 Å². The van der Waals surface area contributed by atoms with Crippen molar-refractivity contribution >= 4 is 11.5 Å². The maximum Gasteiger partial charge on any atom is 0.193 e. The molecule has 0 aliphatic heterocycles. The average molecular weight is 433 g/mol. The molecule has 0 saturated heterocycles. The summed E-state index contributed by atoms with van der Waals surface area (Å²) in [6.45, 7) is 0. The molecule has 6 nitrogen and oxygen atoms in total. The van der Waals surface area contributed by atoms with Crippen LogP contribution >= 0.6 is 0 Å². The van der Waals surface area contributed by atoms with Gasteiger partial charge in [0.2, 0.25) is 0 Å². The summed E-state index contributed by atoms with van der Waals surface area (Å²) in [5, 5.41) is 3.85. The molecule has 0 saturated carbocycles. The number of ketones is 1. The van der Waals surface area contributed by atoms with E-state index in [1.54, 1.807) is 0 Å². The number of nitrogens with two attached hydrogens (primary N) is 3. The molecule has 0 atom stereocenters. The van der Waals surface area contributed by atoms with Crippen LogP contribution in [0.15, 0.2) is 126 Å². The van der Waals surface area contributed by atoms with Gasteiger partial charge < -0.3 is 11.3 Å². The molecular weight excluding hydrogens is 404 g/mol. The van der Waals surface area contributed by atoms with Gasteiger partial charge in [0.05, 0.1) is 5.71 Å². The number of carbonyl (C=O) groups is 1. The number of carbonyl (C=O) groups excluding carboxylic acids is 1. The molecule has 164 valence electrons. The van der Waals surface area contributed by atoms with Crippen molar-refractivity contribution in [2.75, 3.05) is 0 Å². The zero-order chi connectivity index (χ0) is 22.3. The lowest BCUT2D eigenvalue weighted by molar-refractivity contribution is 0.103. The van der Waals surface area contributed by atoms with E-state index in [0.717, 1.165) is 28.0 Å². The van der Waals surface area contributed by atoms with E-state index < -0.39 is 0 Å². The maximum atomic E-state index is 11.8. The lowest BCUT2D eigenvalue weighted by Gasteiger charge is -2.04. The van der Waals surface area contributed by atoms with E-state index in [9.17, 15) is 4.79 Å². The highest BCUT2D eigenvalue weighted by Crippen LogP contribution is 2.10. The van der Waals surface area contributed by atoms with Gasteiger partial charge in [0.1, 0.15) is 0 Å². The Morgan fingerprint density at radius 2 is 0.750 bits per heavy atom. The first-order chi connectivity index (χ1) is 15.3. The normalized spacial score (nSPS) is 8.94. The lowest BCUT2D eigenvalue weighted by atomic mass is 10.0. The minimum Gasteiger partial charge on any atom is -0.412 e. The second-order valence-electron chi connectivity index (χ2n) is 6.27. The molecule has 0 aliphatic rings. The first-order valence-electron chi connectivity index (χ1n) is 9.66. The van der Waals surface area contributed by atoms with Crippen LogP contribution in [0.1, 0.15) is 27.0 Å². The Bertz CT molecular complexity index is 973. The van der Waals surface area contributed by atoms with Crippen LogP contribution in [0.2, 0.25) is 0 Å². The Labute approximate surface area is 188 Å². The van der Waals surface area contributed by atoms with E-state index in [1.807, 2.05) is 121 Å². The predicted molar refractivity (Wildman–Crippen MR) is 131 cm³/mol. The Balaban J connectivity index is 0.000000289. The summed E-state index contributed by atoms with van der Waals surface area (Å²) in [6, 6.07) is 38.5. The van der Waals surface area contributed by atoms with Crippen molar-refractivity contribution in [1.82, 2.24) is 0 Å². The van der Waals surface area contributed by atoms with Crippen LogP contribution in [-0.4, -0.2) is 17.0 Å². The van der Waals surface area contributed by atoms with E-state index in [2.05, 4.69) is 16.8 Å². The zero-order valence-electron chi connectivity index (χ0n) is 17.6. The van der Waals surface area contributed by atoms with E-state index >= 15 is 0 Å². The third-order valence-electron chi connectivity index (χ3n) is 4.30. The van der Waals surface area contributed by atoms with Crippen LogP contribution in [-0.2, 0) is 0 Å². The molecular formula is C26H28N4O2. The molecule has 0 unspecified atom stereocenters.